The second kappa shape index (κ2) is 6.88. The summed E-state index contributed by atoms with van der Waals surface area (Å²) in [4.78, 5) is 14.5. The number of nitrogens with zero attached hydrogens (tertiary/aromatic N) is 1. The molecule has 1 aromatic heterocycles. The lowest BCUT2D eigenvalue weighted by Gasteiger charge is -2.32. The molecule has 3 heteroatoms. The summed E-state index contributed by atoms with van der Waals surface area (Å²) in [7, 11) is 0. The van der Waals surface area contributed by atoms with E-state index in [4.69, 9.17) is 4.42 Å². The second-order valence-corrected chi connectivity index (χ2v) is 6.98. The molecule has 1 aromatic carbocycles. The van der Waals surface area contributed by atoms with Gasteiger partial charge in [0, 0.05) is 30.1 Å². The third-order valence-corrected chi connectivity index (χ3v) is 5.11. The van der Waals surface area contributed by atoms with Crippen LogP contribution in [0.5, 0.6) is 0 Å². The first-order valence-electron chi connectivity index (χ1n) is 8.90. The zero-order valence-corrected chi connectivity index (χ0v) is 14.5. The van der Waals surface area contributed by atoms with Crippen molar-refractivity contribution in [1.82, 2.24) is 4.90 Å². The predicted octanol–water partition coefficient (Wildman–Crippen LogP) is 4.51. The molecule has 0 saturated heterocycles. The third-order valence-electron chi connectivity index (χ3n) is 5.11. The summed E-state index contributed by atoms with van der Waals surface area (Å²) in [5.74, 6) is 0. The van der Waals surface area contributed by atoms with Gasteiger partial charge in [-0.3, -0.25) is 4.90 Å². The number of fused-ring (bicyclic) bond motifs is 1. The van der Waals surface area contributed by atoms with Crippen LogP contribution in [-0.2, 0) is 13.0 Å². The molecule has 1 aliphatic carbocycles. The van der Waals surface area contributed by atoms with Crippen molar-refractivity contribution < 1.29 is 4.42 Å². The molecule has 0 unspecified atom stereocenters. The van der Waals surface area contributed by atoms with Gasteiger partial charge >= 0.3 is 5.63 Å². The maximum atomic E-state index is 12.0. The van der Waals surface area contributed by atoms with Gasteiger partial charge in [0.2, 0.25) is 0 Å². The SMILES string of the molecule is CCc1ccc2c(CN(C(C)C)C3CCCC3)cc(=O)oc2c1. The highest BCUT2D eigenvalue weighted by molar-refractivity contribution is 5.80. The Morgan fingerprint density at radius 1 is 1.22 bits per heavy atom. The zero-order valence-electron chi connectivity index (χ0n) is 14.5. The van der Waals surface area contributed by atoms with E-state index >= 15 is 0 Å². The lowest BCUT2D eigenvalue weighted by atomic mass is 10.0. The third kappa shape index (κ3) is 3.50. The summed E-state index contributed by atoms with van der Waals surface area (Å²) in [5, 5.41) is 1.07. The van der Waals surface area contributed by atoms with E-state index in [1.54, 1.807) is 6.07 Å². The highest BCUT2D eigenvalue weighted by Crippen LogP contribution is 2.28. The van der Waals surface area contributed by atoms with Gasteiger partial charge < -0.3 is 4.42 Å². The second-order valence-electron chi connectivity index (χ2n) is 6.98. The monoisotopic (exact) mass is 313 g/mol. The fraction of sp³-hybridized carbons (Fsp3) is 0.550. The van der Waals surface area contributed by atoms with Crippen molar-refractivity contribution in [1.29, 1.82) is 0 Å². The Labute approximate surface area is 138 Å². The van der Waals surface area contributed by atoms with Crippen LogP contribution in [0.25, 0.3) is 11.0 Å². The highest BCUT2D eigenvalue weighted by atomic mass is 16.4. The van der Waals surface area contributed by atoms with E-state index in [0.29, 0.717) is 12.1 Å². The van der Waals surface area contributed by atoms with Crippen LogP contribution < -0.4 is 5.63 Å². The molecular formula is C20H27NO2. The Morgan fingerprint density at radius 3 is 2.61 bits per heavy atom. The standard InChI is InChI=1S/C20H27NO2/c1-4-15-9-10-18-16(12-20(22)23-19(18)11-15)13-21(14(2)3)17-7-5-6-8-17/h9-12,14,17H,4-8,13H2,1-3H3. The minimum atomic E-state index is -0.240. The van der Waals surface area contributed by atoms with Crippen molar-refractivity contribution in [2.75, 3.05) is 0 Å². The van der Waals surface area contributed by atoms with Gasteiger partial charge in [-0.1, -0.05) is 31.9 Å². The van der Waals surface area contributed by atoms with Crippen LogP contribution in [0, 0.1) is 0 Å². The van der Waals surface area contributed by atoms with Crippen molar-refractivity contribution in [3.8, 4) is 0 Å². The van der Waals surface area contributed by atoms with Crippen molar-refractivity contribution in [3.63, 3.8) is 0 Å². The van der Waals surface area contributed by atoms with Gasteiger partial charge in [-0.25, -0.2) is 4.79 Å². The first-order chi connectivity index (χ1) is 11.1. The molecule has 23 heavy (non-hydrogen) atoms. The van der Waals surface area contributed by atoms with E-state index in [0.717, 1.165) is 29.5 Å². The average Bonchev–Trinajstić information content (AvgIpc) is 3.05. The minimum Gasteiger partial charge on any atom is -0.423 e. The molecule has 3 rings (SSSR count). The number of benzene rings is 1. The van der Waals surface area contributed by atoms with Crippen molar-refractivity contribution in [3.05, 3.63) is 45.8 Å². The molecular weight excluding hydrogens is 286 g/mol. The van der Waals surface area contributed by atoms with E-state index in [2.05, 4.69) is 37.8 Å². The Morgan fingerprint density at radius 2 is 1.96 bits per heavy atom. The zero-order chi connectivity index (χ0) is 16.4. The largest absolute Gasteiger partial charge is 0.423 e. The number of rotatable bonds is 5. The van der Waals surface area contributed by atoms with Crippen LogP contribution in [0.2, 0.25) is 0 Å². The summed E-state index contributed by atoms with van der Waals surface area (Å²) in [5.41, 5.74) is 2.78. The Hall–Kier alpha value is -1.61. The van der Waals surface area contributed by atoms with Crippen molar-refractivity contribution in [2.24, 2.45) is 0 Å². The van der Waals surface area contributed by atoms with Crippen LogP contribution >= 0.6 is 0 Å². The normalized spacial score (nSPS) is 16.0. The quantitative estimate of drug-likeness (QED) is 0.762. The first kappa shape index (κ1) is 16.3. The van der Waals surface area contributed by atoms with Crippen LogP contribution in [0.3, 0.4) is 0 Å². The highest BCUT2D eigenvalue weighted by Gasteiger charge is 2.25. The Bertz CT molecular complexity index is 726. The van der Waals surface area contributed by atoms with Crippen molar-refractivity contribution in [2.45, 2.75) is 71.5 Å². The molecule has 0 aliphatic heterocycles. The molecule has 3 nitrogen and oxygen atoms in total. The molecule has 124 valence electrons. The van der Waals surface area contributed by atoms with Gasteiger partial charge in [-0.15, -0.1) is 0 Å². The first-order valence-corrected chi connectivity index (χ1v) is 8.90. The molecule has 1 fully saturated rings. The lowest BCUT2D eigenvalue weighted by Crippen LogP contribution is -2.38. The van der Waals surface area contributed by atoms with Crippen LogP contribution in [0.15, 0.2) is 33.5 Å². The van der Waals surface area contributed by atoms with Crippen LogP contribution in [0.1, 0.15) is 57.6 Å². The van der Waals surface area contributed by atoms with E-state index in [-0.39, 0.29) is 5.63 Å². The molecule has 1 aliphatic rings. The van der Waals surface area contributed by atoms with Gasteiger partial charge in [-0.2, -0.15) is 0 Å². The molecule has 0 spiro atoms. The van der Waals surface area contributed by atoms with Crippen LogP contribution in [0.4, 0.5) is 0 Å². The maximum Gasteiger partial charge on any atom is 0.336 e. The van der Waals surface area contributed by atoms with E-state index in [1.165, 1.54) is 31.2 Å². The number of hydrogen-bond acceptors (Lipinski definition) is 3. The summed E-state index contributed by atoms with van der Waals surface area (Å²) in [6.07, 6.45) is 6.15. The van der Waals surface area contributed by atoms with Crippen LogP contribution in [-0.4, -0.2) is 17.0 Å². The van der Waals surface area contributed by atoms with E-state index in [9.17, 15) is 4.79 Å². The Balaban J connectivity index is 1.99. The fourth-order valence-electron chi connectivity index (χ4n) is 3.79. The predicted molar refractivity (Wildman–Crippen MR) is 94.8 cm³/mol. The molecule has 0 N–H and O–H groups in total. The minimum absolute atomic E-state index is 0.240. The summed E-state index contributed by atoms with van der Waals surface area (Å²) >= 11 is 0. The van der Waals surface area contributed by atoms with Crippen molar-refractivity contribution >= 4 is 11.0 Å². The molecule has 2 aromatic rings. The number of aryl methyl sites for hydroxylation is 1. The molecule has 0 bridgehead atoms. The molecule has 0 radical (unpaired) electrons. The van der Waals surface area contributed by atoms with E-state index < -0.39 is 0 Å². The van der Waals surface area contributed by atoms with Gasteiger partial charge in [0.05, 0.1) is 0 Å². The van der Waals surface area contributed by atoms with Gasteiger partial charge in [-0.05, 0) is 50.3 Å². The lowest BCUT2D eigenvalue weighted by molar-refractivity contribution is 0.146. The summed E-state index contributed by atoms with van der Waals surface area (Å²) in [6, 6.07) is 9.07. The molecule has 0 atom stereocenters. The maximum absolute atomic E-state index is 12.0. The van der Waals surface area contributed by atoms with E-state index in [1.807, 2.05) is 6.07 Å². The Kier molecular flexibility index (Phi) is 4.86. The topological polar surface area (TPSA) is 33.5 Å². The van der Waals surface area contributed by atoms with Gasteiger partial charge in [0.25, 0.3) is 0 Å². The van der Waals surface area contributed by atoms with Gasteiger partial charge in [0.15, 0.2) is 0 Å². The summed E-state index contributed by atoms with van der Waals surface area (Å²) < 4.78 is 5.44. The fourth-order valence-corrected chi connectivity index (χ4v) is 3.79. The molecule has 1 heterocycles. The summed E-state index contributed by atoms with van der Waals surface area (Å²) in [6.45, 7) is 7.45. The smallest absolute Gasteiger partial charge is 0.336 e. The van der Waals surface area contributed by atoms with Gasteiger partial charge in [0.1, 0.15) is 5.58 Å². The number of hydrogen-bond donors (Lipinski definition) is 0. The molecule has 0 amide bonds. The molecule has 1 saturated carbocycles. The average molecular weight is 313 g/mol.